The van der Waals surface area contributed by atoms with E-state index in [1.54, 1.807) is 0 Å². The molecule has 88 valence electrons. The SMILES string of the molecule is Cc1ccc(C(C)NC(=O)C(O)CO)cc1. The van der Waals surface area contributed by atoms with Crippen molar-refractivity contribution in [3.8, 4) is 0 Å². The van der Waals surface area contributed by atoms with E-state index in [1.807, 2.05) is 38.1 Å². The Hall–Kier alpha value is -1.39. The molecule has 0 saturated carbocycles. The van der Waals surface area contributed by atoms with Crippen molar-refractivity contribution in [2.24, 2.45) is 0 Å². The zero-order valence-electron chi connectivity index (χ0n) is 9.47. The highest BCUT2D eigenvalue weighted by atomic mass is 16.3. The van der Waals surface area contributed by atoms with Crippen molar-refractivity contribution in [1.82, 2.24) is 5.32 Å². The number of aliphatic hydroxyl groups excluding tert-OH is 2. The number of amides is 1. The van der Waals surface area contributed by atoms with Crippen LogP contribution in [0.3, 0.4) is 0 Å². The molecule has 1 amide bonds. The van der Waals surface area contributed by atoms with Crippen LogP contribution in [0, 0.1) is 6.92 Å². The molecule has 4 heteroatoms. The van der Waals surface area contributed by atoms with E-state index in [0.29, 0.717) is 0 Å². The fourth-order valence-corrected chi connectivity index (χ4v) is 1.33. The molecule has 0 aliphatic rings. The zero-order chi connectivity index (χ0) is 12.1. The molecule has 0 heterocycles. The number of hydrogen-bond acceptors (Lipinski definition) is 3. The van der Waals surface area contributed by atoms with Crippen LogP contribution in [-0.4, -0.2) is 28.8 Å². The van der Waals surface area contributed by atoms with E-state index in [0.717, 1.165) is 11.1 Å². The van der Waals surface area contributed by atoms with E-state index in [4.69, 9.17) is 10.2 Å². The molecular weight excluding hydrogens is 206 g/mol. The second kappa shape index (κ2) is 5.63. The van der Waals surface area contributed by atoms with Gasteiger partial charge in [0, 0.05) is 0 Å². The number of hydrogen-bond donors (Lipinski definition) is 3. The number of nitrogens with one attached hydrogen (secondary N) is 1. The predicted molar refractivity (Wildman–Crippen MR) is 60.8 cm³/mol. The highest BCUT2D eigenvalue weighted by molar-refractivity contribution is 5.80. The van der Waals surface area contributed by atoms with Crippen LogP contribution in [-0.2, 0) is 4.79 Å². The van der Waals surface area contributed by atoms with E-state index in [-0.39, 0.29) is 6.04 Å². The van der Waals surface area contributed by atoms with Crippen LogP contribution in [0.4, 0.5) is 0 Å². The lowest BCUT2D eigenvalue weighted by Gasteiger charge is -2.16. The minimum atomic E-state index is -1.35. The third-order valence-electron chi connectivity index (χ3n) is 2.41. The number of aliphatic hydroxyl groups is 2. The van der Waals surface area contributed by atoms with Gasteiger partial charge in [0.25, 0.3) is 5.91 Å². The maximum absolute atomic E-state index is 11.3. The molecule has 16 heavy (non-hydrogen) atoms. The van der Waals surface area contributed by atoms with Gasteiger partial charge in [-0.25, -0.2) is 0 Å². The molecule has 0 aromatic heterocycles. The Labute approximate surface area is 94.9 Å². The molecule has 0 aliphatic heterocycles. The van der Waals surface area contributed by atoms with Crippen LogP contribution in [0.5, 0.6) is 0 Å². The Morgan fingerprint density at radius 3 is 2.44 bits per heavy atom. The maximum Gasteiger partial charge on any atom is 0.251 e. The molecule has 3 N–H and O–H groups in total. The standard InChI is InChI=1S/C12H17NO3/c1-8-3-5-10(6-4-8)9(2)13-12(16)11(15)7-14/h3-6,9,11,14-15H,7H2,1-2H3,(H,13,16). The fraction of sp³-hybridized carbons (Fsp3) is 0.417. The molecule has 0 fully saturated rings. The number of rotatable bonds is 4. The maximum atomic E-state index is 11.3. The van der Waals surface area contributed by atoms with Gasteiger partial charge in [0.1, 0.15) is 0 Å². The van der Waals surface area contributed by atoms with Crippen molar-refractivity contribution in [3.63, 3.8) is 0 Å². The number of aryl methyl sites for hydroxylation is 1. The predicted octanol–water partition coefficient (Wildman–Crippen LogP) is 0.525. The Bertz CT molecular complexity index is 348. The minimum absolute atomic E-state index is 0.186. The molecule has 1 aromatic rings. The van der Waals surface area contributed by atoms with Crippen molar-refractivity contribution in [2.45, 2.75) is 26.0 Å². The Kier molecular flexibility index (Phi) is 4.46. The summed E-state index contributed by atoms with van der Waals surface area (Å²) in [6.07, 6.45) is -1.35. The molecule has 0 radical (unpaired) electrons. The highest BCUT2D eigenvalue weighted by Crippen LogP contribution is 2.12. The first kappa shape index (κ1) is 12.7. The summed E-state index contributed by atoms with van der Waals surface area (Å²) in [5.41, 5.74) is 2.11. The van der Waals surface area contributed by atoms with Crippen molar-refractivity contribution in [2.75, 3.05) is 6.61 Å². The van der Waals surface area contributed by atoms with Gasteiger partial charge in [-0.2, -0.15) is 0 Å². The Morgan fingerprint density at radius 2 is 1.94 bits per heavy atom. The lowest BCUT2D eigenvalue weighted by molar-refractivity contribution is -0.131. The average molecular weight is 223 g/mol. The van der Waals surface area contributed by atoms with Gasteiger partial charge in [0.2, 0.25) is 0 Å². The summed E-state index contributed by atoms with van der Waals surface area (Å²) in [6.45, 7) is 3.25. The van der Waals surface area contributed by atoms with Crippen LogP contribution in [0.2, 0.25) is 0 Å². The summed E-state index contributed by atoms with van der Waals surface area (Å²) in [5, 5.41) is 20.3. The molecule has 0 aliphatic carbocycles. The van der Waals surface area contributed by atoms with E-state index >= 15 is 0 Å². The van der Waals surface area contributed by atoms with Crippen LogP contribution in [0.1, 0.15) is 24.1 Å². The van der Waals surface area contributed by atoms with Crippen molar-refractivity contribution in [1.29, 1.82) is 0 Å². The highest BCUT2D eigenvalue weighted by Gasteiger charge is 2.16. The lowest BCUT2D eigenvalue weighted by atomic mass is 10.1. The topological polar surface area (TPSA) is 69.6 Å². The second-order valence-electron chi connectivity index (χ2n) is 3.84. The minimum Gasteiger partial charge on any atom is -0.393 e. The van der Waals surface area contributed by atoms with Gasteiger partial charge in [-0.1, -0.05) is 29.8 Å². The molecule has 0 spiro atoms. The summed E-state index contributed by atoms with van der Waals surface area (Å²) in [5.74, 6) is -0.560. The first-order valence-corrected chi connectivity index (χ1v) is 5.20. The Balaban J connectivity index is 2.62. The number of carbonyl (C=O) groups is 1. The Morgan fingerprint density at radius 1 is 1.38 bits per heavy atom. The molecule has 0 bridgehead atoms. The van der Waals surface area contributed by atoms with Gasteiger partial charge < -0.3 is 15.5 Å². The monoisotopic (exact) mass is 223 g/mol. The summed E-state index contributed by atoms with van der Waals surface area (Å²) < 4.78 is 0. The average Bonchev–Trinajstić information content (AvgIpc) is 2.28. The van der Waals surface area contributed by atoms with Gasteiger partial charge in [-0.05, 0) is 19.4 Å². The van der Waals surface area contributed by atoms with Gasteiger partial charge in [0.15, 0.2) is 6.10 Å². The second-order valence-corrected chi connectivity index (χ2v) is 3.84. The third kappa shape index (κ3) is 3.32. The van der Waals surface area contributed by atoms with Gasteiger partial charge in [-0.3, -0.25) is 4.79 Å². The third-order valence-corrected chi connectivity index (χ3v) is 2.41. The van der Waals surface area contributed by atoms with Gasteiger partial charge >= 0.3 is 0 Å². The van der Waals surface area contributed by atoms with E-state index < -0.39 is 18.6 Å². The molecule has 2 unspecified atom stereocenters. The number of carbonyl (C=O) groups excluding carboxylic acids is 1. The largest absolute Gasteiger partial charge is 0.393 e. The number of benzene rings is 1. The normalized spacial score (nSPS) is 14.2. The van der Waals surface area contributed by atoms with Crippen molar-refractivity contribution < 1.29 is 15.0 Å². The van der Waals surface area contributed by atoms with Crippen LogP contribution >= 0.6 is 0 Å². The molecule has 2 atom stereocenters. The lowest BCUT2D eigenvalue weighted by Crippen LogP contribution is -2.38. The van der Waals surface area contributed by atoms with E-state index in [1.165, 1.54) is 0 Å². The van der Waals surface area contributed by atoms with Gasteiger partial charge in [-0.15, -0.1) is 0 Å². The molecule has 0 saturated heterocycles. The first-order chi connectivity index (χ1) is 7.54. The quantitative estimate of drug-likeness (QED) is 0.697. The van der Waals surface area contributed by atoms with Crippen LogP contribution in [0.25, 0.3) is 0 Å². The molecular formula is C12H17NO3. The fourth-order valence-electron chi connectivity index (χ4n) is 1.33. The molecule has 1 rings (SSSR count). The molecule has 4 nitrogen and oxygen atoms in total. The summed E-state index contributed by atoms with van der Waals surface area (Å²) in [4.78, 5) is 11.3. The van der Waals surface area contributed by atoms with Gasteiger partial charge in [0.05, 0.1) is 12.6 Å². The van der Waals surface area contributed by atoms with Crippen molar-refractivity contribution >= 4 is 5.91 Å². The van der Waals surface area contributed by atoms with Crippen LogP contribution < -0.4 is 5.32 Å². The summed E-state index contributed by atoms with van der Waals surface area (Å²) >= 11 is 0. The summed E-state index contributed by atoms with van der Waals surface area (Å²) in [7, 11) is 0. The first-order valence-electron chi connectivity index (χ1n) is 5.20. The zero-order valence-corrected chi connectivity index (χ0v) is 9.47. The van der Waals surface area contributed by atoms with E-state index in [9.17, 15) is 4.79 Å². The smallest absolute Gasteiger partial charge is 0.251 e. The van der Waals surface area contributed by atoms with E-state index in [2.05, 4.69) is 5.32 Å². The molecule has 1 aromatic carbocycles. The van der Waals surface area contributed by atoms with Crippen molar-refractivity contribution in [3.05, 3.63) is 35.4 Å². The van der Waals surface area contributed by atoms with Crippen LogP contribution in [0.15, 0.2) is 24.3 Å². The summed E-state index contributed by atoms with van der Waals surface area (Å²) in [6, 6.07) is 7.58.